The van der Waals surface area contributed by atoms with E-state index in [9.17, 15) is 4.79 Å². The minimum absolute atomic E-state index is 0.151. The number of carbonyl (C=O) groups is 1. The Morgan fingerprint density at radius 1 is 1.73 bits per heavy atom. The van der Waals surface area contributed by atoms with E-state index in [0.717, 1.165) is 4.47 Å². The van der Waals surface area contributed by atoms with E-state index in [4.69, 9.17) is 5.26 Å². The van der Waals surface area contributed by atoms with Gasteiger partial charge in [0.1, 0.15) is 0 Å². The van der Waals surface area contributed by atoms with Gasteiger partial charge in [-0.1, -0.05) is 0 Å². The van der Waals surface area contributed by atoms with Crippen LogP contribution in [0.5, 0.6) is 0 Å². The molecule has 1 heterocycles. The van der Waals surface area contributed by atoms with Crippen LogP contribution in [-0.4, -0.2) is 16.9 Å². The van der Waals surface area contributed by atoms with Crippen molar-refractivity contribution in [3.8, 4) is 6.07 Å². The zero-order valence-corrected chi connectivity index (χ0v) is 9.78. The molecule has 5 heteroatoms. The molecule has 1 aromatic rings. The van der Waals surface area contributed by atoms with Crippen molar-refractivity contribution in [3.63, 3.8) is 0 Å². The fourth-order valence-corrected chi connectivity index (χ4v) is 1.40. The van der Waals surface area contributed by atoms with Crippen LogP contribution in [0.3, 0.4) is 0 Å². The van der Waals surface area contributed by atoms with E-state index in [2.05, 4.69) is 26.2 Å². The predicted octanol–water partition coefficient (Wildman–Crippen LogP) is 1.88. The van der Waals surface area contributed by atoms with E-state index in [1.807, 2.05) is 6.07 Å². The van der Waals surface area contributed by atoms with Crippen LogP contribution in [0.1, 0.15) is 23.7 Å². The fourth-order valence-electron chi connectivity index (χ4n) is 1.03. The number of pyridine rings is 1. The minimum atomic E-state index is -0.216. The fraction of sp³-hybridized carbons (Fsp3) is 0.300. The Kier molecular flexibility index (Phi) is 4.25. The van der Waals surface area contributed by atoms with Crippen LogP contribution in [0.25, 0.3) is 0 Å². The SMILES string of the molecule is CC(CC#N)NC(=O)c1cncc(Br)c1. The topological polar surface area (TPSA) is 65.8 Å². The third-order valence-electron chi connectivity index (χ3n) is 1.74. The molecule has 1 rings (SSSR count). The standard InChI is InChI=1S/C10H10BrN3O/c1-7(2-3-12)14-10(15)8-4-9(11)6-13-5-8/h4-7H,2H2,1H3,(H,14,15). The summed E-state index contributed by atoms with van der Waals surface area (Å²) in [6, 6.07) is 3.53. The molecule has 1 unspecified atom stereocenters. The third kappa shape index (κ3) is 3.68. The molecule has 1 atom stereocenters. The van der Waals surface area contributed by atoms with E-state index in [1.165, 1.54) is 6.20 Å². The number of nitriles is 1. The maximum absolute atomic E-state index is 11.6. The second-order valence-electron chi connectivity index (χ2n) is 3.13. The summed E-state index contributed by atoms with van der Waals surface area (Å²) in [5.41, 5.74) is 0.481. The van der Waals surface area contributed by atoms with Gasteiger partial charge >= 0.3 is 0 Å². The highest BCUT2D eigenvalue weighted by atomic mass is 79.9. The Morgan fingerprint density at radius 3 is 3.07 bits per heavy atom. The largest absolute Gasteiger partial charge is 0.349 e. The molecule has 0 aromatic carbocycles. The number of nitrogens with zero attached hydrogens (tertiary/aromatic N) is 2. The summed E-state index contributed by atoms with van der Waals surface area (Å²) in [6.45, 7) is 1.78. The zero-order chi connectivity index (χ0) is 11.3. The summed E-state index contributed by atoms with van der Waals surface area (Å²) in [5, 5.41) is 11.1. The molecule has 1 amide bonds. The maximum atomic E-state index is 11.6. The quantitative estimate of drug-likeness (QED) is 0.910. The number of nitrogens with one attached hydrogen (secondary N) is 1. The molecule has 78 valence electrons. The van der Waals surface area contributed by atoms with Crippen molar-refractivity contribution in [1.82, 2.24) is 10.3 Å². The number of hydrogen-bond donors (Lipinski definition) is 1. The molecule has 0 saturated heterocycles. The number of amides is 1. The molecule has 1 aromatic heterocycles. The van der Waals surface area contributed by atoms with Gasteiger partial charge in [-0.3, -0.25) is 9.78 Å². The molecule has 1 N–H and O–H groups in total. The summed E-state index contributed by atoms with van der Waals surface area (Å²) in [4.78, 5) is 15.5. The lowest BCUT2D eigenvalue weighted by Crippen LogP contribution is -2.32. The first-order valence-corrected chi connectivity index (χ1v) is 5.21. The Hall–Kier alpha value is -1.41. The second-order valence-corrected chi connectivity index (χ2v) is 4.04. The van der Waals surface area contributed by atoms with Crippen LogP contribution in [0.2, 0.25) is 0 Å². The van der Waals surface area contributed by atoms with Gasteiger partial charge in [-0.2, -0.15) is 5.26 Å². The van der Waals surface area contributed by atoms with Gasteiger partial charge in [0, 0.05) is 22.9 Å². The molecule has 0 fully saturated rings. The summed E-state index contributed by atoms with van der Waals surface area (Å²) >= 11 is 3.23. The van der Waals surface area contributed by atoms with Crippen LogP contribution >= 0.6 is 15.9 Å². The first kappa shape index (κ1) is 11.7. The average Bonchev–Trinajstić information content (AvgIpc) is 2.18. The van der Waals surface area contributed by atoms with Gasteiger partial charge in [0.05, 0.1) is 18.1 Å². The van der Waals surface area contributed by atoms with Crippen LogP contribution in [-0.2, 0) is 0 Å². The Bertz CT molecular complexity index is 400. The smallest absolute Gasteiger partial charge is 0.253 e. The van der Waals surface area contributed by atoms with E-state index in [1.54, 1.807) is 19.2 Å². The molecule has 15 heavy (non-hydrogen) atoms. The van der Waals surface area contributed by atoms with Crippen molar-refractivity contribution in [2.75, 3.05) is 0 Å². The van der Waals surface area contributed by atoms with Gasteiger partial charge in [0.25, 0.3) is 5.91 Å². The van der Waals surface area contributed by atoms with Gasteiger partial charge < -0.3 is 5.32 Å². The van der Waals surface area contributed by atoms with Gasteiger partial charge in [-0.15, -0.1) is 0 Å². The first-order chi connectivity index (χ1) is 7.13. The Morgan fingerprint density at radius 2 is 2.47 bits per heavy atom. The first-order valence-electron chi connectivity index (χ1n) is 4.42. The molecule has 0 aliphatic carbocycles. The Labute approximate surface area is 96.4 Å². The summed E-state index contributed by atoms with van der Waals surface area (Å²) < 4.78 is 0.753. The minimum Gasteiger partial charge on any atom is -0.349 e. The highest BCUT2D eigenvalue weighted by molar-refractivity contribution is 9.10. The monoisotopic (exact) mass is 267 g/mol. The van der Waals surface area contributed by atoms with Crippen LogP contribution in [0.15, 0.2) is 22.9 Å². The molecule has 0 aliphatic rings. The van der Waals surface area contributed by atoms with Gasteiger partial charge in [-0.05, 0) is 28.9 Å². The van der Waals surface area contributed by atoms with Crippen molar-refractivity contribution in [3.05, 3.63) is 28.5 Å². The summed E-state index contributed by atoms with van der Waals surface area (Å²) in [5.74, 6) is -0.216. The van der Waals surface area contributed by atoms with Crippen LogP contribution < -0.4 is 5.32 Å². The van der Waals surface area contributed by atoms with E-state index >= 15 is 0 Å². The van der Waals surface area contributed by atoms with Crippen LogP contribution in [0, 0.1) is 11.3 Å². The molecule has 0 bridgehead atoms. The van der Waals surface area contributed by atoms with Crippen LogP contribution in [0.4, 0.5) is 0 Å². The average molecular weight is 268 g/mol. The summed E-state index contributed by atoms with van der Waals surface area (Å²) in [7, 11) is 0. The molecular formula is C10H10BrN3O. The molecule has 4 nitrogen and oxygen atoms in total. The van der Waals surface area contributed by atoms with E-state index in [0.29, 0.717) is 12.0 Å². The van der Waals surface area contributed by atoms with Crippen molar-refractivity contribution < 1.29 is 4.79 Å². The lowest BCUT2D eigenvalue weighted by Gasteiger charge is -2.09. The number of aromatic nitrogens is 1. The number of halogens is 1. The molecular weight excluding hydrogens is 258 g/mol. The van der Waals surface area contributed by atoms with Crippen molar-refractivity contribution in [2.45, 2.75) is 19.4 Å². The highest BCUT2D eigenvalue weighted by Gasteiger charge is 2.09. The summed E-state index contributed by atoms with van der Waals surface area (Å²) in [6.07, 6.45) is 3.39. The number of rotatable bonds is 3. The number of hydrogen-bond acceptors (Lipinski definition) is 3. The zero-order valence-electron chi connectivity index (χ0n) is 8.20. The van der Waals surface area contributed by atoms with Gasteiger partial charge in [0.2, 0.25) is 0 Å². The maximum Gasteiger partial charge on any atom is 0.253 e. The third-order valence-corrected chi connectivity index (χ3v) is 2.18. The van der Waals surface area contributed by atoms with Gasteiger partial charge in [-0.25, -0.2) is 0 Å². The molecule has 0 spiro atoms. The van der Waals surface area contributed by atoms with E-state index < -0.39 is 0 Å². The van der Waals surface area contributed by atoms with Crippen molar-refractivity contribution >= 4 is 21.8 Å². The number of carbonyl (C=O) groups excluding carboxylic acids is 1. The lowest BCUT2D eigenvalue weighted by atomic mass is 10.2. The van der Waals surface area contributed by atoms with Crippen molar-refractivity contribution in [1.29, 1.82) is 5.26 Å². The van der Waals surface area contributed by atoms with Gasteiger partial charge in [0.15, 0.2) is 0 Å². The highest BCUT2D eigenvalue weighted by Crippen LogP contribution is 2.09. The van der Waals surface area contributed by atoms with E-state index in [-0.39, 0.29) is 11.9 Å². The molecule has 0 radical (unpaired) electrons. The predicted molar refractivity (Wildman–Crippen MR) is 59.1 cm³/mol. The lowest BCUT2D eigenvalue weighted by molar-refractivity contribution is 0.0940. The van der Waals surface area contributed by atoms with Crippen molar-refractivity contribution in [2.24, 2.45) is 0 Å². The normalized spacial score (nSPS) is 11.5. The molecule has 0 aliphatic heterocycles. The second kappa shape index (κ2) is 5.47. The molecule has 0 saturated carbocycles. The Balaban J connectivity index is 2.66.